The number of unbranched alkanes of at least 4 members (excludes halogenated alkanes) is 3. The first-order valence-corrected chi connectivity index (χ1v) is 27.4. The van der Waals surface area contributed by atoms with Crippen molar-refractivity contribution in [2.45, 2.75) is 235 Å². The number of carbonyl (C=O) groups is 3. The molecule has 3 aromatic rings. The minimum atomic E-state index is -1.35. The lowest BCUT2D eigenvalue weighted by molar-refractivity contribution is -0.164. The Morgan fingerprint density at radius 3 is 0.865 bits per heavy atom. The first kappa shape index (κ1) is 63.7. The van der Waals surface area contributed by atoms with Crippen LogP contribution >= 0.6 is 12.2 Å². The molecule has 3 aromatic carbocycles. The molecule has 0 heterocycles. The summed E-state index contributed by atoms with van der Waals surface area (Å²) in [4.78, 5) is 41.6. The van der Waals surface area contributed by atoms with Crippen LogP contribution in [0.5, 0.6) is 17.2 Å². The third kappa shape index (κ3) is 19.2. The summed E-state index contributed by atoms with van der Waals surface area (Å²) in [7, 11) is 0. The highest BCUT2D eigenvalue weighted by Gasteiger charge is 2.38. The highest BCUT2D eigenvalue weighted by molar-refractivity contribution is 7.80. The predicted octanol–water partition coefficient (Wildman–Crippen LogP) is 14.7. The summed E-state index contributed by atoms with van der Waals surface area (Å²) in [6.07, 6.45) is 5.56. The minimum Gasteiger partial charge on any atom is -0.507 e. The molecule has 3 rings (SSSR count). The first-order chi connectivity index (χ1) is 33.8. The first-order valence-electron chi connectivity index (χ1n) is 27.0. The van der Waals surface area contributed by atoms with E-state index in [2.05, 4.69) is 6.92 Å². The number of phenols is 3. The summed E-state index contributed by atoms with van der Waals surface area (Å²) in [5.74, 6) is -0.755. The van der Waals surface area contributed by atoms with Crippen molar-refractivity contribution in [1.29, 1.82) is 0 Å². The molecule has 0 fully saturated rings. The third-order valence-corrected chi connectivity index (χ3v) is 13.9. The molecule has 3 N–H and O–H groups in total. The van der Waals surface area contributed by atoms with E-state index < -0.39 is 23.3 Å². The van der Waals surface area contributed by atoms with Crippen LogP contribution in [0.2, 0.25) is 0 Å². The molecule has 0 saturated heterocycles. The van der Waals surface area contributed by atoms with Gasteiger partial charge >= 0.3 is 17.9 Å². The molecule has 414 valence electrons. The quantitative estimate of drug-likeness (QED) is 0.0382. The Balaban J connectivity index is 2.01. The van der Waals surface area contributed by atoms with E-state index in [0.717, 1.165) is 75.8 Å². The number of benzene rings is 3. The van der Waals surface area contributed by atoms with Gasteiger partial charge in [-0.2, -0.15) is 0 Å². The predicted molar refractivity (Wildman–Crippen MR) is 304 cm³/mol. The molecule has 0 bridgehead atoms. The Labute approximate surface area is 452 Å². The topological polar surface area (TPSA) is 149 Å². The van der Waals surface area contributed by atoms with E-state index in [4.69, 9.17) is 31.2 Å². The maximum atomic E-state index is 13.9. The Kier molecular flexibility index (Phi) is 21.9. The average Bonchev–Trinajstić information content (AvgIpc) is 3.26. The standard InChI is InChI=1S/C63H96O10S/c1-20-21-22-23-24-53(74)73-40-63(37-70-50(64)28-25-41-31-44(57(2,3)4)54(67)45(32-41)58(5,6)7,38-71-51(65)29-26-42-33-46(59(8,9)10)55(68)47(34-42)60(11,12)13)39-72-52(66)30-27-43-35-48(61(14,15)16)56(69)49(36-43)62(17,18)19/h31-36,67-69H,20-30,37-40H2,1-19H3. The summed E-state index contributed by atoms with van der Waals surface area (Å²) in [6, 6.07) is 11.7. The number of thiocarbonyl (C=S) groups is 1. The number of aromatic hydroxyl groups is 3. The molecule has 0 unspecified atom stereocenters. The molecule has 0 saturated carbocycles. The molecule has 0 aliphatic rings. The van der Waals surface area contributed by atoms with Gasteiger partial charge in [-0.25, -0.2) is 0 Å². The normalized spacial score (nSPS) is 12.9. The van der Waals surface area contributed by atoms with Gasteiger partial charge in [-0.1, -0.05) is 187 Å². The number of esters is 3. The van der Waals surface area contributed by atoms with Gasteiger partial charge in [0.15, 0.2) is 5.05 Å². The smallest absolute Gasteiger partial charge is 0.306 e. The second kappa shape index (κ2) is 25.5. The Morgan fingerprint density at radius 2 is 0.635 bits per heavy atom. The molecule has 0 amide bonds. The van der Waals surface area contributed by atoms with Crippen molar-refractivity contribution < 1.29 is 48.7 Å². The van der Waals surface area contributed by atoms with Gasteiger partial charge in [0.25, 0.3) is 0 Å². The molecule has 11 heteroatoms. The van der Waals surface area contributed by atoms with Crippen LogP contribution in [-0.2, 0) is 85.1 Å². The number of phenolic OH excluding ortho intramolecular Hbond substituents is 3. The maximum absolute atomic E-state index is 13.9. The van der Waals surface area contributed by atoms with Crippen molar-refractivity contribution in [2.24, 2.45) is 5.41 Å². The Bertz CT molecular complexity index is 2050. The van der Waals surface area contributed by atoms with Crippen molar-refractivity contribution in [3.63, 3.8) is 0 Å². The van der Waals surface area contributed by atoms with E-state index in [1.807, 2.05) is 161 Å². The second-order valence-corrected chi connectivity index (χ2v) is 27.5. The van der Waals surface area contributed by atoms with Gasteiger partial charge in [0.1, 0.15) is 49.1 Å². The van der Waals surface area contributed by atoms with E-state index in [9.17, 15) is 29.7 Å². The summed E-state index contributed by atoms with van der Waals surface area (Å²) >= 11 is 5.71. The van der Waals surface area contributed by atoms with Gasteiger partial charge < -0.3 is 34.3 Å². The highest BCUT2D eigenvalue weighted by Crippen LogP contribution is 2.43. The second-order valence-electron chi connectivity index (χ2n) is 27.1. The van der Waals surface area contributed by atoms with Crippen LogP contribution in [0.4, 0.5) is 0 Å². The van der Waals surface area contributed by atoms with Gasteiger partial charge in [-0.3, -0.25) is 14.4 Å². The van der Waals surface area contributed by atoms with Crippen LogP contribution in [0.1, 0.15) is 233 Å². The fourth-order valence-electron chi connectivity index (χ4n) is 8.85. The molecule has 0 aromatic heterocycles. The number of hydrogen-bond acceptors (Lipinski definition) is 11. The van der Waals surface area contributed by atoms with Gasteiger partial charge in [-0.05, 0) is 120 Å². The van der Waals surface area contributed by atoms with Gasteiger partial charge in [0.05, 0.1) is 0 Å². The maximum Gasteiger partial charge on any atom is 0.306 e. The van der Waals surface area contributed by atoms with Crippen molar-refractivity contribution in [3.05, 3.63) is 86.5 Å². The number of rotatable bonds is 22. The average molecular weight is 1050 g/mol. The molecular formula is C63H96O10S. The number of carbonyl (C=O) groups excluding carboxylic acids is 3. The molecule has 74 heavy (non-hydrogen) atoms. The van der Waals surface area contributed by atoms with Gasteiger partial charge in [0.2, 0.25) is 0 Å². The molecule has 0 aliphatic heterocycles. The zero-order valence-electron chi connectivity index (χ0n) is 49.2. The van der Waals surface area contributed by atoms with Crippen molar-refractivity contribution in [2.75, 3.05) is 26.4 Å². The molecular weight excluding hydrogens is 949 g/mol. The van der Waals surface area contributed by atoms with E-state index in [0.29, 0.717) is 30.7 Å². The van der Waals surface area contributed by atoms with E-state index in [-0.39, 0.29) is 95.4 Å². The van der Waals surface area contributed by atoms with Crippen LogP contribution < -0.4 is 0 Å². The van der Waals surface area contributed by atoms with E-state index in [1.165, 1.54) is 0 Å². The minimum absolute atomic E-state index is 0.0176. The van der Waals surface area contributed by atoms with Gasteiger partial charge in [0, 0.05) is 25.7 Å². The summed E-state index contributed by atoms with van der Waals surface area (Å²) in [5.41, 5.74) is 3.97. The Morgan fingerprint density at radius 1 is 0.392 bits per heavy atom. The van der Waals surface area contributed by atoms with Crippen LogP contribution in [-0.4, -0.2) is 64.7 Å². The van der Waals surface area contributed by atoms with Crippen LogP contribution in [0.3, 0.4) is 0 Å². The summed E-state index contributed by atoms with van der Waals surface area (Å²) in [5, 5.41) is 34.4. The van der Waals surface area contributed by atoms with Gasteiger partial charge in [-0.15, -0.1) is 0 Å². The zero-order valence-corrected chi connectivity index (χ0v) is 50.0. The van der Waals surface area contributed by atoms with Crippen LogP contribution in [0, 0.1) is 5.41 Å². The lowest BCUT2D eigenvalue weighted by Gasteiger charge is -2.32. The largest absolute Gasteiger partial charge is 0.507 e. The number of ether oxygens (including phenoxy) is 4. The Hall–Kier alpha value is -4.64. The molecule has 0 spiro atoms. The van der Waals surface area contributed by atoms with Crippen LogP contribution in [0.15, 0.2) is 36.4 Å². The van der Waals surface area contributed by atoms with E-state index in [1.54, 1.807) is 0 Å². The molecule has 0 atom stereocenters. The molecule has 0 radical (unpaired) electrons. The number of hydrogen-bond donors (Lipinski definition) is 3. The highest BCUT2D eigenvalue weighted by atomic mass is 32.1. The van der Waals surface area contributed by atoms with Crippen molar-refractivity contribution in [3.8, 4) is 17.2 Å². The fraction of sp³-hybridized carbons (Fsp3) is 0.651. The van der Waals surface area contributed by atoms with Crippen molar-refractivity contribution in [1.82, 2.24) is 0 Å². The van der Waals surface area contributed by atoms with E-state index >= 15 is 0 Å². The SMILES string of the molecule is CCCCCCC(=S)OCC(COC(=O)CCc1cc(C(C)(C)C)c(O)c(C(C)(C)C)c1)(COC(=O)CCc1cc(C(C)(C)C)c(O)c(C(C)(C)C)c1)COC(=O)CCc1cc(C(C)(C)C)c(O)c(C(C)(C)C)c1. The van der Waals surface area contributed by atoms with Crippen molar-refractivity contribution >= 4 is 35.2 Å². The fourth-order valence-corrected chi connectivity index (χ4v) is 9.06. The van der Waals surface area contributed by atoms with Crippen LogP contribution in [0.25, 0.3) is 0 Å². The lowest BCUT2D eigenvalue weighted by atomic mass is 9.78. The summed E-state index contributed by atoms with van der Waals surface area (Å²) in [6.45, 7) is 37.9. The lowest BCUT2D eigenvalue weighted by Crippen LogP contribution is -2.44. The number of aryl methyl sites for hydroxylation is 3. The monoisotopic (exact) mass is 1040 g/mol. The summed E-state index contributed by atoms with van der Waals surface area (Å²) < 4.78 is 24.5. The molecule has 10 nitrogen and oxygen atoms in total. The molecule has 0 aliphatic carbocycles. The third-order valence-electron chi connectivity index (χ3n) is 13.6. The zero-order chi connectivity index (χ0) is 56.4.